The van der Waals surface area contributed by atoms with Crippen LogP contribution in [-0.4, -0.2) is 131 Å². The molecule has 1 N–H and O–H groups in total. The number of halogens is 3. The van der Waals surface area contributed by atoms with Crippen LogP contribution in [0.3, 0.4) is 0 Å². The molecule has 2 aromatic carbocycles. The van der Waals surface area contributed by atoms with Gasteiger partial charge in [-0.3, -0.25) is 0 Å². The molecule has 2 rings (SSSR count). The van der Waals surface area contributed by atoms with Crippen LogP contribution in [0.1, 0.15) is 15.9 Å². The van der Waals surface area contributed by atoms with Crippen LogP contribution in [0.25, 0.3) is 0 Å². The van der Waals surface area contributed by atoms with Gasteiger partial charge in [0.05, 0.1) is 123 Å². The summed E-state index contributed by atoms with van der Waals surface area (Å²) in [5.41, 5.74) is -0.108. The van der Waals surface area contributed by atoms with E-state index in [1.807, 2.05) is 0 Å². The first-order valence-corrected chi connectivity index (χ1v) is 16.4. The molecule has 0 spiro atoms. The summed E-state index contributed by atoms with van der Waals surface area (Å²) >= 11 is 0. The van der Waals surface area contributed by atoms with Gasteiger partial charge in [-0.05, 0) is 30.3 Å². The van der Waals surface area contributed by atoms with E-state index in [1.165, 1.54) is 18.2 Å². The number of esters is 2. The van der Waals surface area contributed by atoms with Crippen LogP contribution in [0.15, 0.2) is 61.2 Å². The SMILES string of the molecule is C=CC(=O)OCCOCCOCCOCCOCCOCCOCCOCCOCCOC(=O)c1ccccc1Nc1cccc(C(F)(F)F)c1. The monoisotopic (exact) mass is 731 g/mol. The van der Waals surface area contributed by atoms with Crippen LogP contribution in [0.5, 0.6) is 0 Å². The molecule has 0 aliphatic heterocycles. The Kier molecular flexibility index (Phi) is 23.9. The van der Waals surface area contributed by atoms with Crippen molar-refractivity contribution in [1.82, 2.24) is 0 Å². The number of anilines is 2. The first-order chi connectivity index (χ1) is 24.8. The molecular weight excluding hydrogens is 683 g/mol. The van der Waals surface area contributed by atoms with Crippen molar-refractivity contribution >= 4 is 23.3 Å². The summed E-state index contributed by atoms with van der Waals surface area (Å²) in [4.78, 5) is 23.4. The third-order valence-electron chi connectivity index (χ3n) is 6.32. The van der Waals surface area contributed by atoms with Gasteiger partial charge in [-0.25, -0.2) is 9.59 Å². The predicted octanol–water partition coefficient (Wildman–Crippen LogP) is 4.47. The van der Waals surface area contributed by atoms with Gasteiger partial charge in [-0.15, -0.1) is 0 Å². The minimum atomic E-state index is -4.48. The Hall–Kier alpha value is -3.61. The summed E-state index contributed by atoms with van der Waals surface area (Å²) in [7, 11) is 0. The molecule has 286 valence electrons. The number of benzene rings is 2. The molecule has 0 atom stereocenters. The van der Waals surface area contributed by atoms with E-state index in [4.69, 9.17) is 47.4 Å². The summed E-state index contributed by atoms with van der Waals surface area (Å²) in [5, 5.41) is 2.85. The first-order valence-electron chi connectivity index (χ1n) is 16.4. The van der Waals surface area contributed by atoms with Crippen LogP contribution in [0.4, 0.5) is 24.5 Å². The fraction of sp³-hybridized carbons (Fsp3) is 0.543. The fourth-order valence-corrected chi connectivity index (χ4v) is 3.87. The largest absolute Gasteiger partial charge is 0.460 e. The number of alkyl halides is 3. The number of carbonyl (C=O) groups excluding carboxylic acids is 2. The summed E-state index contributed by atoms with van der Waals surface area (Å²) in [6.07, 6.45) is -3.38. The summed E-state index contributed by atoms with van der Waals surface area (Å²) in [6.45, 7) is 9.63. The molecule has 0 bridgehead atoms. The van der Waals surface area contributed by atoms with Gasteiger partial charge in [0.25, 0.3) is 0 Å². The smallest absolute Gasteiger partial charge is 0.416 e. The van der Waals surface area contributed by atoms with E-state index in [9.17, 15) is 22.8 Å². The van der Waals surface area contributed by atoms with Gasteiger partial charge >= 0.3 is 18.1 Å². The lowest BCUT2D eigenvalue weighted by molar-refractivity contribution is -0.139. The third-order valence-corrected chi connectivity index (χ3v) is 6.32. The molecule has 16 heteroatoms. The highest BCUT2D eigenvalue weighted by atomic mass is 19.4. The molecule has 0 radical (unpaired) electrons. The van der Waals surface area contributed by atoms with Crippen molar-refractivity contribution in [3.8, 4) is 0 Å². The Labute approximate surface area is 296 Å². The second kappa shape index (κ2) is 28.0. The van der Waals surface area contributed by atoms with Crippen molar-refractivity contribution in [1.29, 1.82) is 0 Å². The van der Waals surface area contributed by atoms with Crippen LogP contribution in [-0.2, 0) is 58.3 Å². The van der Waals surface area contributed by atoms with E-state index in [1.54, 1.807) is 18.2 Å². The maximum absolute atomic E-state index is 13.0. The molecule has 51 heavy (non-hydrogen) atoms. The molecule has 0 heterocycles. The van der Waals surface area contributed by atoms with Gasteiger partial charge in [0.15, 0.2) is 0 Å². The van der Waals surface area contributed by atoms with Gasteiger partial charge in [0, 0.05) is 11.8 Å². The molecule has 0 saturated heterocycles. The van der Waals surface area contributed by atoms with Gasteiger partial charge in [0.2, 0.25) is 0 Å². The average Bonchev–Trinajstić information content (AvgIpc) is 3.12. The van der Waals surface area contributed by atoms with Crippen molar-refractivity contribution in [3.63, 3.8) is 0 Å². The highest BCUT2D eigenvalue weighted by molar-refractivity contribution is 5.96. The second-order valence-corrected chi connectivity index (χ2v) is 10.2. The molecule has 13 nitrogen and oxygen atoms in total. The number of hydrogen-bond acceptors (Lipinski definition) is 13. The molecule has 0 unspecified atom stereocenters. The normalized spacial score (nSPS) is 11.4. The Morgan fingerprint density at radius 1 is 0.569 bits per heavy atom. The average molecular weight is 732 g/mol. The van der Waals surface area contributed by atoms with Gasteiger partial charge in [-0.1, -0.05) is 24.8 Å². The number of ether oxygens (including phenoxy) is 10. The Bertz CT molecular complexity index is 1230. The molecule has 0 aliphatic carbocycles. The molecule has 0 saturated carbocycles. The number of hydrogen-bond donors (Lipinski definition) is 1. The van der Waals surface area contributed by atoms with Crippen LogP contribution >= 0.6 is 0 Å². The van der Waals surface area contributed by atoms with E-state index in [-0.39, 0.29) is 31.1 Å². The van der Waals surface area contributed by atoms with E-state index in [0.29, 0.717) is 105 Å². The second-order valence-electron chi connectivity index (χ2n) is 10.2. The highest BCUT2D eigenvalue weighted by Crippen LogP contribution is 2.32. The Morgan fingerprint density at radius 3 is 1.41 bits per heavy atom. The lowest BCUT2D eigenvalue weighted by Gasteiger charge is -2.13. The van der Waals surface area contributed by atoms with Crippen LogP contribution in [0.2, 0.25) is 0 Å². The van der Waals surface area contributed by atoms with E-state index >= 15 is 0 Å². The molecule has 0 fully saturated rings. The maximum Gasteiger partial charge on any atom is 0.416 e. The van der Waals surface area contributed by atoms with Crippen molar-refractivity contribution in [2.24, 2.45) is 0 Å². The highest BCUT2D eigenvalue weighted by Gasteiger charge is 2.30. The first kappa shape index (κ1) is 43.6. The van der Waals surface area contributed by atoms with Crippen molar-refractivity contribution < 1.29 is 70.1 Å². The molecule has 0 amide bonds. The number of nitrogens with one attached hydrogen (secondary N) is 1. The quantitative estimate of drug-likeness (QED) is 0.0664. The van der Waals surface area contributed by atoms with E-state index < -0.39 is 23.7 Å². The minimum Gasteiger partial charge on any atom is -0.460 e. The molecule has 2 aromatic rings. The Balaban J connectivity index is 1.33. The molecule has 0 aromatic heterocycles. The number of carbonyl (C=O) groups is 2. The van der Waals surface area contributed by atoms with E-state index in [2.05, 4.69) is 11.9 Å². The number of rotatable bonds is 31. The maximum atomic E-state index is 13.0. The zero-order valence-corrected chi connectivity index (χ0v) is 28.7. The lowest BCUT2D eigenvalue weighted by atomic mass is 10.1. The number of para-hydroxylation sites is 1. The summed E-state index contributed by atoms with van der Waals surface area (Å²) in [6, 6.07) is 11.1. The van der Waals surface area contributed by atoms with Gasteiger partial charge < -0.3 is 52.7 Å². The zero-order valence-electron chi connectivity index (χ0n) is 28.7. The molecular formula is C35H48F3NO12. The summed E-state index contributed by atoms with van der Waals surface area (Å²) in [5.74, 6) is -1.11. The zero-order chi connectivity index (χ0) is 36.8. The topological polar surface area (TPSA) is 138 Å². The fourth-order valence-electron chi connectivity index (χ4n) is 3.87. The van der Waals surface area contributed by atoms with Gasteiger partial charge in [-0.2, -0.15) is 13.2 Å². The van der Waals surface area contributed by atoms with Crippen molar-refractivity contribution in [3.05, 3.63) is 72.3 Å². The Morgan fingerprint density at radius 2 is 0.980 bits per heavy atom. The van der Waals surface area contributed by atoms with Gasteiger partial charge in [0.1, 0.15) is 13.2 Å². The predicted molar refractivity (Wildman–Crippen MR) is 179 cm³/mol. The molecule has 0 aliphatic rings. The lowest BCUT2D eigenvalue weighted by Crippen LogP contribution is -2.16. The summed E-state index contributed by atoms with van der Waals surface area (Å²) < 4.78 is 92.4. The van der Waals surface area contributed by atoms with E-state index in [0.717, 1.165) is 18.2 Å². The van der Waals surface area contributed by atoms with Crippen LogP contribution < -0.4 is 5.32 Å². The van der Waals surface area contributed by atoms with Crippen molar-refractivity contribution in [2.45, 2.75) is 6.18 Å². The van der Waals surface area contributed by atoms with Crippen LogP contribution in [0, 0.1) is 0 Å². The van der Waals surface area contributed by atoms with Crippen molar-refractivity contribution in [2.75, 3.05) is 124 Å². The standard InChI is InChI=1S/C35H48F3NO12/c1-2-33(40)50-26-24-48-22-20-46-18-16-44-14-12-42-10-11-43-13-15-45-17-19-47-21-23-49-25-27-51-34(41)31-8-3-4-9-32(31)39-30-7-5-6-29(28-30)35(36,37)38/h2-9,28,39H,1,10-27H2. The minimum absolute atomic E-state index is 0.00721. The third kappa shape index (κ3) is 22.0.